The first kappa shape index (κ1) is 12.4. The summed E-state index contributed by atoms with van der Waals surface area (Å²) in [5, 5.41) is 2.78. The van der Waals surface area contributed by atoms with Gasteiger partial charge in [-0.15, -0.1) is 0 Å². The number of nitrogens with one attached hydrogen (secondary N) is 1. The SMILES string of the molecule is O=C(Nc1ccccc1)N1CCC2(CC1)CC2(F)F. The number of anilines is 1. The molecule has 3 nitrogen and oxygen atoms in total. The van der Waals surface area contributed by atoms with E-state index in [1.54, 1.807) is 17.0 Å². The summed E-state index contributed by atoms with van der Waals surface area (Å²) < 4.78 is 26.5. The van der Waals surface area contributed by atoms with Gasteiger partial charge in [0.15, 0.2) is 0 Å². The molecular formula is C14H16F2N2O. The number of hydrogen-bond acceptors (Lipinski definition) is 1. The fraction of sp³-hybridized carbons (Fsp3) is 0.500. The molecule has 1 aliphatic carbocycles. The fourth-order valence-corrected chi connectivity index (χ4v) is 2.79. The number of urea groups is 1. The molecule has 3 rings (SSSR count). The maximum Gasteiger partial charge on any atom is 0.321 e. The first-order valence-electron chi connectivity index (χ1n) is 6.51. The Bertz CT molecular complexity index is 481. The van der Waals surface area contributed by atoms with Crippen LogP contribution in [0.4, 0.5) is 19.3 Å². The van der Waals surface area contributed by atoms with Gasteiger partial charge in [0.2, 0.25) is 0 Å². The maximum absolute atomic E-state index is 13.2. The summed E-state index contributed by atoms with van der Waals surface area (Å²) in [7, 11) is 0. The second-order valence-electron chi connectivity index (χ2n) is 5.44. The number of likely N-dealkylation sites (tertiary alicyclic amines) is 1. The van der Waals surface area contributed by atoms with Crippen LogP contribution in [0.2, 0.25) is 0 Å². The maximum atomic E-state index is 13.2. The third kappa shape index (κ3) is 2.17. The molecule has 0 atom stereocenters. The molecule has 1 heterocycles. The topological polar surface area (TPSA) is 32.3 Å². The molecule has 1 spiro atoms. The van der Waals surface area contributed by atoms with E-state index in [1.165, 1.54) is 0 Å². The van der Waals surface area contributed by atoms with Crippen molar-refractivity contribution in [3.05, 3.63) is 30.3 Å². The molecule has 0 aromatic heterocycles. The Labute approximate surface area is 110 Å². The minimum Gasteiger partial charge on any atom is -0.324 e. The van der Waals surface area contributed by atoms with Crippen molar-refractivity contribution in [1.82, 2.24) is 4.90 Å². The van der Waals surface area contributed by atoms with Crippen molar-refractivity contribution >= 4 is 11.7 Å². The van der Waals surface area contributed by atoms with Crippen LogP contribution in [0, 0.1) is 5.41 Å². The van der Waals surface area contributed by atoms with E-state index in [9.17, 15) is 13.6 Å². The molecule has 1 saturated heterocycles. The molecule has 1 saturated carbocycles. The van der Waals surface area contributed by atoms with Gasteiger partial charge in [0.1, 0.15) is 0 Å². The van der Waals surface area contributed by atoms with Crippen LogP contribution in [0.15, 0.2) is 30.3 Å². The number of carbonyl (C=O) groups is 1. The number of rotatable bonds is 1. The molecule has 2 fully saturated rings. The smallest absolute Gasteiger partial charge is 0.321 e. The Morgan fingerprint density at radius 3 is 2.26 bits per heavy atom. The number of amides is 2. The van der Waals surface area contributed by atoms with Gasteiger partial charge in [0.25, 0.3) is 5.92 Å². The summed E-state index contributed by atoms with van der Waals surface area (Å²) in [6, 6.07) is 8.95. The van der Waals surface area contributed by atoms with Crippen molar-refractivity contribution in [1.29, 1.82) is 0 Å². The van der Waals surface area contributed by atoms with Gasteiger partial charge in [-0.2, -0.15) is 0 Å². The van der Waals surface area contributed by atoms with Crippen LogP contribution in [0.1, 0.15) is 19.3 Å². The Balaban J connectivity index is 1.56. The van der Waals surface area contributed by atoms with Gasteiger partial charge >= 0.3 is 6.03 Å². The molecule has 2 amide bonds. The van der Waals surface area contributed by atoms with E-state index < -0.39 is 11.3 Å². The third-order valence-electron chi connectivity index (χ3n) is 4.24. The molecule has 5 heteroatoms. The number of piperidine rings is 1. The van der Waals surface area contributed by atoms with Crippen molar-refractivity contribution in [2.24, 2.45) is 5.41 Å². The van der Waals surface area contributed by atoms with Crippen LogP contribution in [-0.2, 0) is 0 Å². The van der Waals surface area contributed by atoms with Gasteiger partial charge in [-0.3, -0.25) is 0 Å². The lowest BCUT2D eigenvalue weighted by atomic mass is 9.93. The molecule has 0 unspecified atom stereocenters. The lowest BCUT2D eigenvalue weighted by molar-refractivity contribution is 0.0380. The molecule has 1 N–H and O–H groups in total. The van der Waals surface area contributed by atoms with E-state index in [1.807, 2.05) is 18.2 Å². The Morgan fingerprint density at radius 1 is 1.16 bits per heavy atom. The Kier molecular flexibility index (Phi) is 2.73. The Morgan fingerprint density at radius 2 is 1.74 bits per heavy atom. The molecule has 2 aliphatic rings. The number of benzene rings is 1. The van der Waals surface area contributed by atoms with Gasteiger partial charge in [-0.1, -0.05) is 18.2 Å². The largest absolute Gasteiger partial charge is 0.324 e. The van der Waals surface area contributed by atoms with Gasteiger partial charge < -0.3 is 10.2 Å². The number of para-hydroxylation sites is 1. The first-order chi connectivity index (χ1) is 9.02. The third-order valence-corrected chi connectivity index (χ3v) is 4.24. The number of alkyl halides is 2. The van der Waals surface area contributed by atoms with Crippen LogP contribution in [0.3, 0.4) is 0 Å². The predicted molar refractivity (Wildman–Crippen MR) is 68.3 cm³/mol. The molecule has 1 aromatic carbocycles. The van der Waals surface area contributed by atoms with Gasteiger partial charge in [-0.05, 0) is 25.0 Å². The van der Waals surface area contributed by atoms with Crippen molar-refractivity contribution < 1.29 is 13.6 Å². The zero-order valence-corrected chi connectivity index (χ0v) is 10.5. The van der Waals surface area contributed by atoms with Crippen LogP contribution in [-0.4, -0.2) is 29.9 Å². The van der Waals surface area contributed by atoms with Crippen molar-refractivity contribution in [3.63, 3.8) is 0 Å². The summed E-state index contributed by atoms with van der Waals surface area (Å²) in [6.07, 6.45) is 0.804. The average molecular weight is 266 g/mol. The van der Waals surface area contributed by atoms with E-state index in [2.05, 4.69) is 5.32 Å². The van der Waals surface area contributed by atoms with Crippen LogP contribution >= 0.6 is 0 Å². The highest BCUT2D eigenvalue weighted by atomic mass is 19.3. The molecule has 0 radical (unpaired) electrons. The standard InChI is InChI=1S/C14H16F2N2O/c15-14(16)10-13(14)6-8-18(9-7-13)12(19)17-11-4-2-1-3-5-11/h1-5H,6-10H2,(H,17,19). The van der Waals surface area contributed by atoms with Crippen molar-refractivity contribution in [3.8, 4) is 0 Å². The summed E-state index contributed by atoms with van der Waals surface area (Å²) in [6.45, 7) is 0.822. The minimum absolute atomic E-state index is 0.00581. The molecular weight excluding hydrogens is 250 g/mol. The van der Waals surface area contributed by atoms with Crippen molar-refractivity contribution in [2.75, 3.05) is 18.4 Å². The zero-order chi connectivity index (χ0) is 13.5. The van der Waals surface area contributed by atoms with E-state index in [-0.39, 0.29) is 12.5 Å². The number of nitrogens with zero attached hydrogens (tertiary/aromatic N) is 1. The lowest BCUT2D eigenvalue weighted by Gasteiger charge is -2.32. The second kappa shape index (κ2) is 4.18. The fourth-order valence-electron chi connectivity index (χ4n) is 2.79. The van der Waals surface area contributed by atoms with E-state index in [4.69, 9.17) is 0 Å². The highest BCUT2D eigenvalue weighted by Crippen LogP contribution is 2.65. The number of hydrogen-bond donors (Lipinski definition) is 1. The molecule has 1 aromatic rings. The average Bonchev–Trinajstić information content (AvgIpc) is 2.92. The summed E-state index contributed by atoms with van der Waals surface area (Å²) in [4.78, 5) is 13.6. The van der Waals surface area contributed by atoms with Gasteiger partial charge in [0.05, 0.1) is 0 Å². The predicted octanol–water partition coefficient (Wildman–Crippen LogP) is 3.34. The molecule has 0 bridgehead atoms. The second-order valence-corrected chi connectivity index (χ2v) is 5.44. The lowest BCUT2D eigenvalue weighted by Crippen LogP contribution is -2.42. The van der Waals surface area contributed by atoms with E-state index in [0.29, 0.717) is 25.9 Å². The van der Waals surface area contributed by atoms with Gasteiger partial charge in [0, 0.05) is 30.6 Å². The Hall–Kier alpha value is -1.65. The number of carbonyl (C=O) groups excluding carboxylic acids is 1. The van der Waals surface area contributed by atoms with Crippen LogP contribution in [0.5, 0.6) is 0 Å². The van der Waals surface area contributed by atoms with E-state index >= 15 is 0 Å². The minimum atomic E-state index is -2.50. The summed E-state index contributed by atoms with van der Waals surface area (Å²) in [5.74, 6) is -2.50. The molecule has 19 heavy (non-hydrogen) atoms. The van der Waals surface area contributed by atoms with Crippen molar-refractivity contribution in [2.45, 2.75) is 25.2 Å². The van der Waals surface area contributed by atoms with E-state index in [0.717, 1.165) is 5.69 Å². The first-order valence-corrected chi connectivity index (χ1v) is 6.51. The number of halogens is 2. The van der Waals surface area contributed by atoms with Crippen LogP contribution in [0.25, 0.3) is 0 Å². The zero-order valence-electron chi connectivity index (χ0n) is 10.5. The molecule has 102 valence electrons. The monoisotopic (exact) mass is 266 g/mol. The molecule has 1 aliphatic heterocycles. The normalized spacial score (nSPS) is 23.2. The quantitative estimate of drug-likeness (QED) is 0.830. The van der Waals surface area contributed by atoms with Crippen LogP contribution < -0.4 is 5.32 Å². The van der Waals surface area contributed by atoms with Gasteiger partial charge in [-0.25, -0.2) is 13.6 Å². The highest BCUT2D eigenvalue weighted by Gasteiger charge is 2.70. The summed E-state index contributed by atoms with van der Waals surface area (Å²) >= 11 is 0. The summed E-state index contributed by atoms with van der Waals surface area (Å²) in [5.41, 5.74) is -0.0826. The highest BCUT2D eigenvalue weighted by molar-refractivity contribution is 5.89.